The minimum atomic E-state index is -0.191. The average molecular weight is 373 g/mol. The highest BCUT2D eigenvalue weighted by atomic mass is 16.2. The van der Waals surface area contributed by atoms with Crippen molar-refractivity contribution in [3.05, 3.63) is 29.6 Å². The molecule has 0 atom stereocenters. The fourth-order valence-electron chi connectivity index (χ4n) is 3.29. The molecule has 0 aliphatic carbocycles. The van der Waals surface area contributed by atoms with E-state index < -0.39 is 0 Å². The molecule has 1 aromatic rings. The summed E-state index contributed by atoms with van der Waals surface area (Å²) in [5, 5.41) is 0. The molecule has 2 aliphatic rings. The van der Waals surface area contributed by atoms with Crippen LogP contribution in [0.15, 0.2) is 18.5 Å². The molecule has 9 nitrogen and oxygen atoms in total. The van der Waals surface area contributed by atoms with Crippen LogP contribution in [0.5, 0.6) is 0 Å². The van der Waals surface area contributed by atoms with E-state index in [1.807, 2.05) is 0 Å². The zero-order valence-electron chi connectivity index (χ0n) is 15.3. The van der Waals surface area contributed by atoms with E-state index in [0.29, 0.717) is 63.5 Å². The van der Waals surface area contributed by atoms with Gasteiger partial charge in [0.1, 0.15) is 0 Å². The number of nitrogens with zero attached hydrogens (tertiary/aromatic N) is 5. The Morgan fingerprint density at radius 1 is 0.815 bits per heavy atom. The molecule has 4 amide bonds. The number of hydrogen-bond acceptors (Lipinski definition) is 5. The SMILES string of the molecule is CC(=O)N1CCN(C(=O)c2cncc(C(=O)N3CCN(C=O)CC3)c2)CC1. The second-order valence-electron chi connectivity index (χ2n) is 6.69. The van der Waals surface area contributed by atoms with Crippen LogP contribution in [-0.4, -0.2) is 101 Å². The van der Waals surface area contributed by atoms with E-state index in [4.69, 9.17) is 0 Å². The van der Waals surface area contributed by atoms with Crippen LogP contribution in [0, 0.1) is 0 Å². The van der Waals surface area contributed by atoms with Crippen LogP contribution in [-0.2, 0) is 9.59 Å². The van der Waals surface area contributed by atoms with Crippen molar-refractivity contribution >= 4 is 24.1 Å². The molecule has 2 fully saturated rings. The van der Waals surface area contributed by atoms with E-state index in [2.05, 4.69) is 4.98 Å². The maximum atomic E-state index is 12.7. The maximum absolute atomic E-state index is 12.7. The first kappa shape index (κ1) is 18.8. The molecule has 0 N–H and O–H groups in total. The fourth-order valence-corrected chi connectivity index (χ4v) is 3.29. The van der Waals surface area contributed by atoms with E-state index in [0.717, 1.165) is 6.41 Å². The molecule has 0 saturated carbocycles. The smallest absolute Gasteiger partial charge is 0.255 e. The Bertz CT molecular complexity index is 737. The Morgan fingerprint density at radius 2 is 1.26 bits per heavy atom. The second-order valence-corrected chi connectivity index (χ2v) is 6.69. The van der Waals surface area contributed by atoms with Crippen LogP contribution in [0.1, 0.15) is 27.6 Å². The van der Waals surface area contributed by atoms with E-state index in [-0.39, 0.29) is 17.7 Å². The molecule has 2 aliphatic heterocycles. The Hall–Kier alpha value is -2.97. The van der Waals surface area contributed by atoms with Crippen molar-refractivity contribution in [2.45, 2.75) is 6.92 Å². The summed E-state index contributed by atoms with van der Waals surface area (Å²) in [4.78, 5) is 58.3. The molecule has 0 aromatic carbocycles. The third-order valence-corrected chi connectivity index (χ3v) is 4.99. The van der Waals surface area contributed by atoms with Gasteiger partial charge in [0, 0.05) is 71.7 Å². The second kappa shape index (κ2) is 8.15. The summed E-state index contributed by atoms with van der Waals surface area (Å²) >= 11 is 0. The number of carbonyl (C=O) groups is 4. The van der Waals surface area contributed by atoms with E-state index >= 15 is 0 Å². The fraction of sp³-hybridized carbons (Fsp3) is 0.500. The predicted octanol–water partition coefficient (Wildman–Crippen LogP) is -0.700. The highest BCUT2D eigenvalue weighted by Crippen LogP contribution is 2.13. The number of aromatic nitrogens is 1. The quantitative estimate of drug-likeness (QED) is 0.653. The first-order chi connectivity index (χ1) is 13.0. The molecule has 27 heavy (non-hydrogen) atoms. The number of piperazine rings is 2. The van der Waals surface area contributed by atoms with Gasteiger partial charge in [-0.2, -0.15) is 0 Å². The Morgan fingerprint density at radius 3 is 1.70 bits per heavy atom. The van der Waals surface area contributed by atoms with Gasteiger partial charge in [-0.05, 0) is 6.07 Å². The normalized spacial score (nSPS) is 17.7. The van der Waals surface area contributed by atoms with Crippen LogP contribution in [0.4, 0.5) is 0 Å². The van der Waals surface area contributed by atoms with Gasteiger partial charge in [-0.3, -0.25) is 24.2 Å². The monoisotopic (exact) mass is 373 g/mol. The minimum Gasteiger partial charge on any atom is -0.342 e. The van der Waals surface area contributed by atoms with Crippen LogP contribution >= 0.6 is 0 Å². The zero-order chi connectivity index (χ0) is 19.4. The van der Waals surface area contributed by atoms with Crippen LogP contribution in [0.2, 0.25) is 0 Å². The van der Waals surface area contributed by atoms with Crippen molar-refractivity contribution in [2.24, 2.45) is 0 Å². The van der Waals surface area contributed by atoms with Crippen molar-refractivity contribution < 1.29 is 19.2 Å². The molecule has 0 spiro atoms. The molecular formula is C18H23N5O4. The van der Waals surface area contributed by atoms with Crippen molar-refractivity contribution in [1.29, 1.82) is 0 Å². The third-order valence-electron chi connectivity index (χ3n) is 4.99. The van der Waals surface area contributed by atoms with E-state index in [9.17, 15) is 19.2 Å². The van der Waals surface area contributed by atoms with E-state index in [1.165, 1.54) is 19.3 Å². The average Bonchev–Trinajstić information content (AvgIpc) is 2.73. The molecule has 3 heterocycles. The number of hydrogen-bond donors (Lipinski definition) is 0. The molecule has 2 saturated heterocycles. The lowest BCUT2D eigenvalue weighted by molar-refractivity contribution is -0.130. The summed E-state index contributed by atoms with van der Waals surface area (Å²) in [7, 11) is 0. The topological polar surface area (TPSA) is 94.1 Å². The van der Waals surface area contributed by atoms with Crippen molar-refractivity contribution in [3.8, 4) is 0 Å². The largest absolute Gasteiger partial charge is 0.342 e. The van der Waals surface area contributed by atoms with Crippen molar-refractivity contribution in [3.63, 3.8) is 0 Å². The first-order valence-corrected chi connectivity index (χ1v) is 8.98. The minimum absolute atomic E-state index is 0.00559. The van der Waals surface area contributed by atoms with Crippen LogP contribution in [0.25, 0.3) is 0 Å². The molecule has 0 radical (unpaired) electrons. The van der Waals surface area contributed by atoms with E-state index in [1.54, 1.807) is 25.7 Å². The summed E-state index contributed by atoms with van der Waals surface area (Å²) in [6.07, 6.45) is 3.70. The third kappa shape index (κ3) is 4.24. The maximum Gasteiger partial charge on any atom is 0.255 e. The summed E-state index contributed by atoms with van der Waals surface area (Å²) in [6, 6.07) is 1.57. The molecule has 0 unspecified atom stereocenters. The van der Waals surface area contributed by atoms with Gasteiger partial charge in [0.15, 0.2) is 0 Å². The molecule has 0 bridgehead atoms. The van der Waals surface area contributed by atoms with Gasteiger partial charge in [-0.15, -0.1) is 0 Å². The van der Waals surface area contributed by atoms with Crippen molar-refractivity contribution in [1.82, 2.24) is 24.6 Å². The Balaban J connectivity index is 1.65. The van der Waals surface area contributed by atoms with Gasteiger partial charge in [0.2, 0.25) is 12.3 Å². The summed E-state index contributed by atoms with van der Waals surface area (Å²) in [5.41, 5.74) is 0.728. The van der Waals surface area contributed by atoms with Gasteiger partial charge >= 0.3 is 0 Å². The molecule has 1 aromatic heterocycles. The summed E-state index contributed by atoms with van der Waals surface area (Å²) < 4.78 is 0. The van der Waals surface area contributed by atoms with Gasteiger partial charge < -0.3 is 19.6 Å². The number of carbonyl (C=O) groups excluding carboxylic acids is 4. The molecule has 3 rings (SSSR count). The summed E-state index contributed by atoms with van der Waals surface area (Å²) in [6.45, 7) is 5.39. The molecule has 9 heteroatoms. The molecule has 144 valence electrons. The number of rotatable bonds is 3. The molecular weight excluding hydrogens is 350 g/mol. The Kier molecular flexibility index (Phi) is 5.68. The van der Waals surface area contributed by atoms with Gasteiger partial charge in [0.05, 0.1) is 11.1 Å². The Labute approximate surface area is 157 Å². The van der Waals surface area contributed by atoms with Gasteiger partial charge in [0.25, 0.3) is 11.8 Å². The number of pyridine rings is 1. The summed E-state index contributed by atoms with van der Waals surface area (Å²) in [5.74, 6) is -0.374. The lowest BCUT2D eigenvalue weighted by Crippen LogP contribution is -2.50. The zero-order valence-corrected chi connectivity index (χ0v) is 15.3. The number of amides is 4. The highest BCUT2D eigenvalue weighted by Gasteiger charge is 2.25. The van der Waals surface area contributed by atoms with Crippen LogP contribution in [0.3, 0.4) is 0 Å². The highest BCUT2D eigenvalue weighted by molar-refractivity contribution is 5.99. The lowest BCUT2D eigenvalue weighted by atomic mass is 10.1. The predicted molar refractivity (Wildman–Crippen MR) is 95.9 cm³/mol. The first-order valence-electron chi connectivity index (χ1n) is 8.98. The van der Waals surface area contributed by atoms with Crippen LogP contribution < -0.4 is 0 Å². The standard InChI is InChI=1S/C18H23N5O4/c1-14(25)21-6-8-23(9-7-21)18(27)16-10-15(11-19-12-16)17(26)22-4-2-20(13-24)3-5-22/h10-13H,2-9H2,1H3. The van der Waals surface area contributed by atoms with Gasteiger partial charge in [-0.1, -0.05) is 0 Å². The van der Waals surface area contributed by atoms with Crippen molar-refractivity contribution in [2.75, 3.05) is 52.4 Å². The lowest BCUT2D eigenvalue weighted by Gasteiger charge is -2.34. The van der Waals surface area contributed by atoms with Gasteiger partial charge in [-0.25, -0.2) is 0 Å².